The van der Waals surface area contributed by atoms with Crippen LogP contribution in [0.25, 0.3) is 0 Å². The first-order chi connectivity index (χ1) is 9.94. The van der Waals surface area contributed by atoms with Gasteiger partial charge in [0, 0.05) is 18.0 Å². The highest BCUT2D eigenvalue weighted by Crippen LogP contribution is 2.14. The third-order valence-corrected chi connectivity index (χ3v) is 4.78. The maximum absolute atomic E-state index is 11.3. The average Bonchev–Trinajstić information content (AvgIpc) is 2.77. The van der Waals surface area contributed by atoms with Crippen molar-refractivity contribution in [2.75, 3.05) is 12.4 Å². The molecule has 1 atom stereocenters. The van der Waals surface area contributed by atoms with Crippen LogP contribution >= 0.6 is 0 Å². The maximum Gasteiger partial charge on any atom is 0.173 e. The van der Waals surface area contributed by atoms with Crippen molar-refractivity contribution in [1.82, 2.24) is 5.32 Å². The van der Waals surface area contributed by atoms with Gasteiger partial charge in [0.15, 0.2) is 9.84 Å². The number of rotatable bonds is 7. The van der Waals surface area contributed by atoms with Gasteiger partial charge in [-0.15, -0.1) is 0 Å². The Morgan fingerprint density at radius 2 is 2.00 bits per heavy atom. The summed E-state index contributed by atoms with van der Waals surface area (Å²) >= 11 is 0. The molecule has 0 aromatic heterocycles. The van der Waals surface area contributed by atoms with E-state index in [1.807, 2.05) is 24.3 Å². The second-order valence-corrected chi connectivity index (χ2v) is 7.75. The molecule has 0 bridgehead atoms. The molecule has 1 N–H and O–H groups in total. The van der Waals surface area contributed by atoms with Gasteiger partial charge in [0.25, 0.3) is 0 Å². The van der Waals surface area contributed by atoms with E-state index >= 15 is 0 Å². The Labute approximate surface area is 127 Å². The molecule has 0 saturated carbocycles. The van der Waals surface area contributed by atoms with Crippen LogP contribution in [0.5, 0.6) is 5.75 Å². The third kappa shape index (κ3) is 5.52. The van der Waals surface area contributed by atoms with Crippen LogP contribution < -0.4 is 10.1 Å². The van der Waals surface area contributed by atoms with E-state index in [2.05, 4.69) is 19.2 Å². The maximum atomic E-state index is 11.3. The Morgan fingerprint density at radius 3 is 2.57 bits per heavy atom. The van der Waals surface area contributed by atoms with Crippen molar-refractivity contribution in [3.8, 4) is 5.75 Å². The highest BCUT2D eigenvalue weighted by molar-refractivity contribution is 7.94. The summed E-state index contributed by atoms with van der Waals surface area (Å²) in [6.45, 7) is 5.74. The summed E-state index contributed by atoms with van der Waals surface area (Å²) in [5, 5.41) is 4.51. The predicted octanol–water partition coefficient (Wildman–Crippen LogP) is 2.51. The van der Waals surface area contributed by atoms with E-state index in [0.717, 1.165) is 24.3 Å². The van der Waals surface area contributed by atoms with Crippen LogP contribution in [0.1, 0.15) is 25.8 Å². The standard InChI is InChI=1S/C16H23NO3S/c1-13(2)7-9-20-16-5-3-14(4-6-16)11-17-15-8-10-21(18,19)12-15/h3-6,8,10,13,15,17H,7,9,11-12H2,1-2H3. The van der Waals surface area contributed by atoms with Gasteiger partial charge in [-0.1, -0.05) is 32.1 Å². The topological polar surface area (TPSA) is 55.4 Å². The molecule has 0 fully saturated rings. The molecule has 0 amide bonds. The zero-order chi connectivity index (χ0) is 15.3. The molecule has 1 aliphatic heterocycles. The van der Waals surface area contributed by atoms with Gasteiger partial charge in [-0.3, -0.25) is 0 Å². The molecule has 1 heterocycles. The fourth-order valence-electron chi connectivity index (χ4n) is 2.07. The van der Waals surface area contributed by atoms with Crippen molar-refractivity contribution < 1.29 is 13.2 Å². The van der Waals surface area contributed by atoms with Gasteiger partial charge in [0.05, 0.1) is 12.4 Å². The van der Waals surface area contributed by atoms with Gasteiger partial charge in [-0.2, -0.15) is 0 Å². The molecule has 5 heteroatoms. The van der Waals surface area contributed by atoms with Crippen LogP contribution in [0.3, 0.4) is 0 Å². The molecule has 4 nitrogen and oxygen atoms in total. The Kier molecular flexibility index (Phi) is 5.42. The second-order valence-electron chi connectivity index (χ2n) is 5.82. The zero-order valence-electron chi connectivity index (χ0n) is 12.6. The number of ether oxygens (including phenoxy) is 1. The van der Waals surface area contributed by atoms with Gasteiger partial charge in [-0.05, 0) is 30.0 Å². The summed E-state index contributed by atoms with van der Waals surface area (Å²) < 4.78 is 28.3. The molecule has 0 radical (unpaired) electrons. The molecule has 21 heavy (non-hydrogen) atoms. The lowest BCUT2D eigenvalue weighted by molar-refractivity contribution is 0.289. The minimum Gasteiger partial charge on any atom is -0.494 e. The summed E-state index contributed by atoms with van der Waals surface area (Å²) in [6.07, 6.45) is 2.75. The van der Waals surface area contributed by atoms with E-state index in [4.69, 9.17) is 4.74 Å². The van der Waals surface area contributed by atoms with Crippen LogP contribution in [-0.4, -0.2) is 26.8 Å². The largest absolute Gasteiger partial charge is 0.494 e. The molecule has 1 aromatic carbocycles. The Bertz CT molecular complexity index is 576. The molecule has 2 rings (SSSR count). The number of hydrogen-bond donors (Lipinski definition) is 1. The summed E-state index contributed by atoms with van der Waals surface area (Å²) in [5.74, 6) is 1.68. The first-order valence-electron chi connectivity index (χ1n) is 7.31. The van der Waals surface area contributed by atoms with E-state index in [-0.39, 0.29) is 11.8 Å². The van der Waals surface area contributed by atoms with Crippen molar-refractivity contribution in [3.63, 3.8) is 0 Å². The SMILES string of the molecule is CC(C)CCOc1ccc(CNC2C=CS(=O)(=O)C2)cc1. The second kappa shape index (κ2) is 7.09. The van der Waals surface area contributed by atoms with Gasteiger partial charge >= 0.3 is 0 Å². The van der Waals surface area contributed by atoms with Gasteiger partial charge in [0.1, 0.15) is 5.75 Å². The van der Waals surface area contributed by atoms with E-state index in [0.29, 0.717) is 12.5 Å². The van der Waals surface area contributed by atoms with Gasteiger partial charge in [0.2, 0.25) is 0 Å². The fourth-order valence-corrected chi connectivity index (χ4v) is 3.34. The summed E-state index contributed by atoms with van der Waals surface area (Å²) in [4.78, 5) is 0. The van der Waals surface area contributed by atoms with E-state index in [1.54, 1.807) is 6.08 Å². The summed E-state index contributed by atoms with van der Waals surface area (Å²) in [7, 11) is -2.99. The van der Waals surface area contributed by atoms with Gasteiger partial charge in [-0.25, -0.2) is 8.42 Å². The number of hydrogen-bond acceptors (Lipinski definition) is 4. The lowest BCUT2D eigenvalue weighted by Gasteiger charge is -2.11. The van der Waals surface area contributed by atoms with Crippen molar-refractivity contribution >= 4 is 9.84 Å². The highest BCUT2D eigenvalue weighted by atomic mass is 32.2. The zero-order valence-corrected chi connectivity index (χ0v) is 13.4. The molecular weight excluding hydrogens is 286 g/mol. The minimum atomic E-state index is -2.99. The first kappa shape index (κ1) is 16.0. The van der Waals surface area contributed by atoms with E-state index in [9.17, 15) is 8.42 Å². The molecule has 1 aromatic rings. The van der Waals surface area contributed by atoms with Crippen LogP contribution in [-0.2, 0) is 16.4 Å². The quantitative estimate of drug-likeness (QED) is 0.841. The number of nitrogens with one attached hydrogen (secondary N) is 1. The predicted molar refractivity (Wildman–Crippen MR) is 84.9 cm³/mol. The molecular formula is C16H23NO3S. The van der Waals surface area contributed by atoms with Crippen molar-refractivity contribution in [2.45, 2.75) is 32.9 Å². The summed E-state index contributed by atoms with van der Waals surface area (Å²) in [5.41, 5.74) is 1.11. The molecule has 1 aliphatic rings. The third-order valence-electron chi connectivity index (χ3n) is 3.39. The van der Waals surface area contributed by atoms with Crippen molar-refractivity contribution in [1.29, 1.82) is 0 Å². The van der Waals surface area contributed by atoms with Crippen LogP contribution in [0, 0.1) is 5.92 Å². The minimum absolute atomic E-state index is 0.0861. The van der Waals surface area contributed by atoms with Gasteiger partial charge < -0.3 is 10.1 Å². The smallest absolute Gasteiger partial charge is 0.173 e. The fraction of sp³-hybridized carbons (Fsp3) is 0.500. The van der Waals surface area contributed by atoms with Crippen molar-refractivity contribution in [3.05, 3.63) is 41.3 Å². The number of benzene rings is 1. The number of sulfone groups is 1. The molecule has 0 spiro atoms. The van der Waals surface area contributed by atoms with Crippen LogP contribution in [0.15, 0.2) is 35.7 Å². The lowest BCUT2D eigenvalue weighted by Crippen LogP contribution is -2.29. The van der Waals surface area contributed by atoms with Crippen LogP contribution in [0.4, 0.5) is 0 Å². The van der Waals surface area contributed by atoms with E-state index < -0.39 is 9.84 Å². The lowest BCUT2D eigenvalue weighted by atomic mass is 10.1. The molecule has 116 valence electrons. The first-order valence-corrected chi connectivity index (χ1v) is 9.02. The summed E-state index contributed by atoms with van der Waals surface area (Å²) in [6, 6.07) is 7.84. The van der Waals surface area contributed by atoms with E-state index in [1.165, 1.54) is 5.41 Å². The monoisotopic (exact) mass is 309 g/mol. The Balaban J connectivity index is 1.76. The molecule has 0 saturated heterocycles. The highest BCUT2D eigenvalue weighted by Gasteiger charge is 2.20. The average molecular weight is 309 g/mol. The molecule has 0 aliphatic carbocycles. The van der Waals surface area contributed by atoms with Crippen LogP contribution in [0.2, 0.25) is 0 Å². The Hall–Kier alpha value is -1.33. The normalized spacial score (nSPS) is 20.0. The van der Waals surface area contributed by atoms with Crippen molar-refractivity contribution in [2.24, 2.45) is 5.92 Å². The molecule has 1 unspecified atom stereocenters. The Morgan fingerprint density at radius 1 is 1.29 bits per heavy atom.